The first-order valence-electron chi connectivity index (χ1n) is 7.14. The van der Waals surface area contributed by atoms with E-state index in [9.17, 15) is 9.59 Å². The van der Waals surface area contributed by atoms with E-state index in [2.05, 4.69) is 10.3 Å². The van der Waals surface area contributed by atoms with Crippen molar-refractivity contribution in [3.05, 3.63) is 65.5 Å². The van der Waals surface area contributed by atoms with E-state index in [4.69, 9.17) is 4.74 Å². The molecule has 1 aromatic heterocycles. The fourth-order valence-corrected chi connectivity index (χ4v) is 2.50. The van der Waals surface area contributed by atoms with Crippen LogP contribution < -0.4 is 5.32 Å². The molecular formula is C17H16N2O3. The Balaban J connectivity index is 1.57. The summed E-state index contributed by atoms with van der Waals surface area (Å²) in [6, 6.07) is 10.7. The van der Waals surface area contributed by atoms with Crippen LogP contribution in [-0.4, -0.2) is 22.9 Å². The number of ether oxygens (including phenoxy) is 1. The van der Waals surface area contributed by atoms with Crippen LogP contribution in [0.3, 0.4) is 0 Å². The number of pyridine rings is 1. The van der Waals surface area contributed by atoms with Crippen molar-refractivity contribution in [1.29, 1.82) is 0 Å². The SMILES string of the molecule is O=C(NC1Cc2cnccc2CC1=O)OCc1ccccc1. The van der Waals surface area contributed by atoms with Gasteiger partial charge in [0, 0.05) is 25.2 Å². The molecule has 3 rings (SSSR count). The number of ketones is 1. The zero-order valence-corrected chi connectivity index (χ0v) is 12.0. The van der Waals surface area contributed by atoms with Gasteiger partial charge in [0.1, 0.15) is 6.61 Å². The lowest BCUT2D eigenvalue weighted by Crippen LogP contribution is -2.45. The molecule has 0 fully saturated rings. The van der Waals surface area contributed by atoms with Crippen molar-refractivity contribution in [2.24, 2.45) is 0 Å². The van der Waals surface area contributed by atoms with Crippen LogP contribution in [0.25, 0.3) is 0 Å². The van der Waals surface area contributed by atoms with E-state index in [1.54, 1.807) is 12.4 Å². The predicted octanol–water partition coefficient (Wildman–Crippen LogP) is 2.04. The van der Waals surface area contributed by atoms with Gasteiger partial charge in [0.25, 0.3) is 0 Å². The van der Waals surface area contributed by atoms with Gasteiger partial charge in [0.2, 0.25) is 0 Å². The van der Waals surface area contributed by atoms with Gasteiger partial charge in [-0.2, -0.15) is 0 Å². The van der Waals surface area contributed by atoms with Crippen LogP contribution in [0.4, 0.5) is 4.79 Å². The summed E-state index contributed by atoms with van der Waals surface area (Å²) in [4.78, 5) is 28.0. The van der Waals surface area contributed by atoms with Crippen LogP contribution in [0.2, 0.25) is 0 Å². The molecule has 1 N–H and O–H groups in total. The van der Waals surface area contributed by atoms with Gasteiger partial charge >= 0.3 is 6.09 Å². The first-order valence-corrected chi connectivity index (χ1v) is 7.14. The van der Waals surface area contributed by atoms with E-state index in [0.717, 1.165) is 16.7 Å². The minimum absolute atomic E-state index is 0.00430. The van der Waals surface area contributed by atoms with E-state index in [0.29, 0.717) is 12.8 Å². The van der Waals surface area contributed by atoms with Crippen molar-refractivity contribution in [3.63, 3.8) is 0 Å². The first kappa shape index (κ1) is 14.3. The zero-order chi connectivity index (χ0) is 15.4. The summed E-state index contributed by atoms with van der Waals surface area (Å²) in [5, 5.41) is 2.64. The standard InChI is InChI=1S/C17H16N2O3/c20-16-9-13-6-7-18-10-14(13)8-15(16)19-17(21)22-11-12-4-2-1-3-5-12/h1-7,10,15H,8-9,11H2,(H,19,21). The number of hydrogen-bond donors (Lipinski definition) is 1. The molecule has 0 aliphatic heterocycles. The molecule has 1 heterocycles. The summed E-state index contributed by atoms with van der Waals surface area (Å²) in [5.74, 6) is -0.00430. The highest BCUT2D eigenvalue weighted by Crippen LogP contribution is 2.18. The summed E-state index contributed by atoms with van der Waals surface area (Å²) in [6.45, 7) is 0.186. The molecule has 1 aliphatic carbocycles. The number of fused-ring (bicyclic) bond motifs is 1. The number of hydrogen-bond acceptors (Lipinski definition) is 4. The molecule has 0 saturated carbocycles. The number of Topliss-reactive ketones (excluding diaryl/α,β-unsaturated/α-hetero) is 1. The van der Waals surface area contributed by atoms with E-state index in [1.165, 1.54) is 0 Å². The molecule has 5 nitrogen and oxygen atoms in total. The lowest BCUT2D eigenvalue weighted by Gasteiger charge is -2.23. The largest absolute Gasteiger partial charge is 0.445 e. The number of carbonyl (C=O) groups excluding carboxylic acids is 2. The van der Waals surface area contributed by atoms with Crippen LogP contribution >= 0.6 is 0 Å². The molecule has 5 heteroatoms. The van der Waals surface area contributed by atoms with E-state index in [-0.39, 0.29) is 12.4 Å². The fourth-order valence-electron chi connectivity index (χ4n) is 2.50. The van der Waals surface area contributed by atoms with Gasteiger partial charge < -0.3 is 10.1 Å². The molecule has 0 spiro atoms. The summed E-state index contributed by atoms with van der Waals surface area (Å²) in [6.07, 6.45) is 3.62. The molecule has 1 amide bonds. The second-order valence-corrected chi connectivity index (χ2v) is 5.25. The van der Waals surface area contributed by atoms with Crippen molar-refractivity contribution >= 4 is 11.9 Å². The first-order chi connectivity index (χ1) is 10.7. The van der Waals surface area contributed by atoms with Gasteiger partial charge in [-0.3, -0.25) is 9.78 Å². The third-order valence-corrected chi connectivity index (χ3v) is 3.69. The van der Waals surface area contributed by atoms with Crippen molar-refractivity contribution in [2.45, 2.75) is 25.5 Å². The second-order valence-electron chi connectivity index (χ2n) is 5.25. The Kier molecular flexibility index (Phi) is 4.14. The topological polar surface area (TPSA) is 68.3 Å². The van der Waals surface area contributed by atoms with Crippen molar-refractivity contribution in [1.82, 2.24) is 10.3 Å². The van der Waals surface area contributed by atoms with Crippen LogP contribution in [0, 0.1) is 0 Å². The molecule has 1 aromatic carbocycles. The summed E-state index contributed by atoms with van der Waals surface area (Å²) in [7, 11) is 0. The number of benzene rings is 1. The van der Waals surface area contributed by atoms with Gasteiger partial charge in [0.05, 0.1) is 6.04 Å². The Bertz CT molecular complexity index is 685. The molecule has 1 atom stereocenters. The lowest BCUT2D eigenvalue weighted by atomic mass is 9.89. The minimum Gasteiger partial charge on any atom is -0.445 e. The monoisotopic (exact) mass is 296 g/mol. The number of nitrogens with zero attached hydrogens (tertiary/aromatic N) is 1. The minimum atomic E-state index is -0.574. The predicted molar refractivity (Wildman–Crippen MR) is 80.2 cm³/mol. The number of aromatic nitrogens is 1. The summed E-state index contributed by atoms with van der Waals surface area (Å²) < 4.78 is 5.15. The maximum Gasteiger partial charge on any atom is 0.408 e. The molecule has 0 saturated heterocycles. The maximum absolute atomic E-state index is 12.1. The highest BCUT2D eigenvalue weighted by molar-refractivity contribution is 5.91. The van der Waals surface area contributed by atoms with Gasteiger partial charge in [-0.1, -0.05) is 30.3 Å². The Labute approximate surface area is 128 Å². The van der Waals surface area contributed by atoms with Gasteiger partial charge in [-0.25, -0.2) is 4.79 Å². The Morgan fingerprint density at radius 3 is 2.86 bits per heavy atom. The third-order valence-electron chi connectivity index (χ3n) is 3.69. The number of carbonyl (C=O) groups is 2. The molecule has 1 unspecified atom stereocenters. The maximum atomic E-state index is 12.1. The van der Waals surface area contributed by atoms with Crippen LogP contribution in [0.1, 0.15) is 16.7 Å². The Morgan fingerprint density at radius 2 is 2.05 bits per heavy atom. The average molecular weight is 296 g/mol. The molecule has 112 valence electrons. The van der Waals surface area contributed by atoms with Crippen molar-refractivity contribution < 1.29 is 14.3 Å². The quantitative estimate of drug-likeness (QED) is 0.941. The normalized spacial score (nSPS) is 16.7. The van der Waals surface area contributed by atoms with E-state index >= 15 is 0 Å². The molecule has 1 aliphatic rings. The molecule has 22 heavy (non-hydrogen) atoms. The Morgan fingerprint density at radius 1 is 1.23 bits per heavy atom. The zero-order valence-electron chi connectivity index (χ0n) is 12.0. The molecule has 0 bridgehead atoms. The molecular weight excluding hydrogens is 280 g/mol. The average Bonchev–Trinajstić information content (AvgIpc) is 2.55. The number of rotatable bonds is 3. The third kappa shape index (κ3) is 3.31. The van der Waals surface area contributed by atoms with Crippen LogP contribution in [0.15, 0.2) is 48.8 Å². The van der Waals surface area contributed by atoms with Gasteiger partial charge in [0.15, 0.2) is 5.78 Å². The summed E-state index contributed by atoms with van der Waals surface area (Å²) >= 11 is 0. The smallest absolute Gasteiger partial charge is 0.408 e. The Hall–Kier alpha value is -2.69. The van der Waals surface area contributed by atoms with E-state index < -0.39 is 12.1 Å². The highest BCUT2D eigenvalue weighted by atomic mass is 16.5. The van der Waals surface area contributed by atoms with Gasteiger partial charge in [-0.05, 0) is 22.8 Å². The second kappa shape index (κ2) is 6.39. The van der Waals surface area contributed by atoms with Crippen LogP contribution in [0.5, 0.6) is 0 Å². The van der Waals surface area contributed by atoms with Crippen molar-refractivity contribution in [2.75, 3.05) is 0 Å². The number of alkyl carbamates (subject to hydrolysis) is 1. The van der Waals surface area contributed by atoms with E-state index in [1.807, 2.05) is 36.4 Å². The molecule has 2 aromatic rings. The number of amides is 1. The summed E-state index contributed by atoms with van der Waals surface area (Å²) in [5.41, 5.74) is 2.88. The van der Waals surface area contributed by atoms with Gasteiger partial charge in [-0.15, -0.1) is 0 Å². The van der Waals surface area contributed by atoms with Crippen molar-refractivity contribution in [3.8, 4) is 0 Å². The number of nitrogens with one attached hydrogen (secondary N) is 1. The fraction of sp³-hybridized carbons (Fsp3) is 0.235. The highest BCUT2D eigenvalue weighted by Gasteiger charge is 2.28. The lowest BCUT2D eigenvalue weighted by molar-refractivity contribution is -0.120. The molecule has 0 radical (unpaired) electrons. The van der Waals surface area contributed by atoms with Crippen LogP contribution in [-0.2, 0) is 29.0 Å².